The zero-order valence-electron chi connectivity index (χ0n) is 23.6. The van der Waals surface area contributed by atoms with Gasteiger partial charge in [-0.1, -0.05) is 54.6 Å². The minimum Gasteiger partial charge on any atom is -0.378 e. The van der Waals surface area contributed by atoms with Crippen molar-refractivity contribution in [3.63, 3.8) is 0 Å². The minimum atomic E-state index is -0.417. The Hall–Kier alpha value is -3.55. The summed E-state index contributed by atoms with van der Waals surface area (Å²) in [6, 6.07) is 20.3. The van der Waals surface area contributed by atoms with Crippen LogP contribution in [0.15, 0.2) is 66.9 Å². The summed E-state index contributed by atoms with van der Waals surface area (Å²) in [7, 11) is 0. The molecule has 1 aliphatic heterocycles. The van der Waals surface area contributed by atoms with Crippen molar-refractivity contribution >= 4 is 17.5 Å². The molecule has 7 heteroatoms. The van der Waals surface area contributed by atoms with Gasteiger partial charge in [-0.2, -0.15) is 0 Å². The van der Waals surface area contributed by atoms with Crippen LogP contribution in [0.3, 0.4) is 0 Å². The van der Waals surface area contributed by atoms with Crippen LogP contribution in [0.5, 0.6) is 0 Å². The SMILES string of the molecule is CC(C)(N)c1ccc(-c2ncc(NC(=O)C[C@H]3CC[C@H](C(=O)N4CCOCC4)CC3)cc2-c2ccccc2)cc1. The number of amides is 2. The van der Waals surface area contributed by atoms with E-state index in [0.29, 0.717) is 44.3 Å². The van der Waals surface area contributed by atoms with Crippen molar-refractivity contribution in [1.82, 2.24) is 9.88 Å². The molecule has 2 heterocycles. The number of ether oxygens (including phenoxy) is 1. The number of carbonyl (C=O) groups excluding carboxylic acids is 2. The fraction of sp³-hybridized carbons (Fsp3) is 0.424. The van der Waals surface area contributed by atoms with Gasteiger partial charge in [-0.05, 0) is 62.6 Å². The van der Waals surface area contributed by atoms with Gasteiger partial charge >= 0.3 is 0 Å². The van der Waals surface area contributed by atoms with Crippen LogP contribution in [-0.2, 0) is 19.9 Å². The Labute approximate surface area is 237 Å². The molecule has 0 bridgehead atoms. The Morgan fingerprint density at radius 1 is 0.975 bits per heavy atom. The van der Waals surface area contributed by atoms with Crippen molar-refractivity contribution < 1.29 is 14.3 Å². The van der Waals surface area contributed by atoms with Gasteiger partial charge in [0.15, 0.2) is 0 Å². The molecule has 2 aliphatic rings. The number of nitrogens with zero attached hydrogens (tertiary/aromatic N) is 2. The van der Waals surface area contributed by atoms with Gasteiger partial charge in [-0.25, -0.2) is 0 Å². The number of carbonyl (C=O) groups is 2. The first-order chi connectivity index (χ1) is 19.3. The molecular formula is C33H40N4O3. The summed E-state index contributed by atoms with van der Waals surface area (Å²) in [4.78, 5) is 32.6. The van der Waals surface area contributed by atoms with E-state index in [1.165, 1.54) is 0 Å². The molecule has 1 aliphatic carbocycles. The number of benzene rings is 2. The third-order valence-electron chi connectivity index (χ3n) is 8.15. The maximum absolute atomic E-state index is 13.0. The Morgan fingerprint density at radius 3 is 2.30 bits per heavy atom. The fourth-order valence-corrected chi connectivity index (χ4v) is 5.79. The van der Waals surface area contributed by atoms with Crippen LogP contribution >= 0.6 is 0 Å². The van der Waals surface area contributed by atoms with E-state index < -0.39 is 5.54 Å². The third kappa shape index (κ3) is 6.77. The number of nitrogens with one attached hydrogen (secondary N) is 1. The third-order valence-corrected chi connectivity index (χ3v) is 8.15. The lowest BCUT2D eigenvalue weighted by Gasteiger charge is -2.33. The van der Waals surface area contributed by atoms with Crippen LogP contribution in [0.4, 0.5) is 5.69 Å². The van der Waals surface area contributed by atoms with Gasteiger partial charge in [-0.15, -0.1) is 0 Å². The Kier molecular flexibility index (Phi) is 8.62. The van der Waals surface area contributed by atoms with Crippen LogP contribution in [-0.4, -0.2) is 48.0 Å². The van der Waals surface area contributed by atoms with Crippen molar-refractivity contribution in [3.05, 3.63) is 72.4 Å². The highest BCUT2D eigenvalue weighted by Crippen LogP contribution is 2.35. The summed E-state index contributed by atoms with van der Waals surface area (Å²) in [5.74, 6) is 0.616. The zero-order valence-corrected chi connectivity index (χ0v) is 23.6. The molecule has 1 saturated carbocycles. The normalized spacial score (nSPS) is 19.7. The van der Waals surface area contributed by atoms with E-state index in [1.54, 1.807) is 6.20 Å². The molecule has 0 spiro atoms. The maximum Gasteiger partial charge on any atom is 0.225 e. The predicted molar refractivity (Wildman–Crippen MR) is 158 cm³/mol. The molecule has 1 aromatic heterocycles. The Balaban J connectivity index is 1.25. The largest absolute Gasteiger partial charge is 0.378 e. The molecular weight excluding hydrogens is 500 g/mol. The monoisotopic (exact) mass is 540 g/mol. The van der Waals surface area contributed by atoms with E-state index in [9.17, 15) is 9.59 Å². The summed E-state index contributed by atoms with van der Waals surface area (Å²) in [5, 5.41) is 3.09. The molecule has 5 rings (SSSR count). The highest BCUT2D eigenvalue weighted by atomic mass is 16.5. The second kappa shape index (κ2) is 12.3. The number of hydrogen-bond donors (Lipinski definition) is 2. The van der Waals surface area contributed by atoms with Crippen molar-refractivity contribution in [2.24, 2.45) is 17.6 Å². The zero-order chi connectivity index (χ0) is 28.1. The summed E-state index contributed by atoms with van der Waals surface area (Å²) in [6.45, 7) is 6.61. The molecule has 0 unspecified atom stereocenters. The van der Waals surface area contributed by atoms with Crippen molar-refractivity contribution in [2.75, 3.05) is 31.6 Å². The minimum absolute atomic E-state index is 0.00829. The van der Waals surface area contributed by atoms with Crippen LogP contribution in [0.1, 0.15) is 51.5 Å². The van der Waals surface area contributed by atoms with E-state index in [-0.39, 0.29) is 17.7 Å². The first-order valence-electron chi connectivity index (χ1n) is 14.4. The first-order valence-corrected chi connectivity index (χ1v) is 14.4. The predicted octanol–water partition coefficient (Wildman–Crippen LogP) is 5.60. The van der Waals surface area contributed by atoms with Gasteiger partial charge in [0.1, 0.15) is 0 Å². The van der Waals surface area contributed by atoms with Gasteiger partial charge in [0.25, 0.3) is 0 Å². The maximum atomic E-state index is 13.0. The molecule has 7 nitrogen and oxygen atoms in total. The quantitative estimate of drug-likeness (QED) is 0.406. The number of rotatable bonds is 7. The van der Waals surface area contributed by atoms with Gasteiger partial charge < -0.3 is 20.7 Å². The number of morpholine rings is 1. The van der Waals surface area contributed by atoms with Crippen LogP contribution in [0.2, 0.25) is 0 Å². The Bertz CT molecular complexity index is 1300. The van der Waals surface area contributed by atoms with Crippen LogP contribution in [0.25, 0.3) is 22.4 Å². The highest BCUT2D eigenvalue weighted by Gasteiger charge is 2.31. The number of anilines is 1. The lowest BCUT2D eigenvalue weighted by Crippen LogP contribution is -2.44. The molecule has 2 fully saturated rings. The summed E-state index contributed by atoms with van der Waals surface area (Å²) in [6.07, 6.45) is 5.69. The summed E-state index contributed by atoms with van der Waals surface area (Å²) >= 11 is 0. The number of nitrogens with two attached hydrogens (primary N) is 1. The van der Waals surface area contributed by atoms with Crippen molar-refractivity contribution in [2.45, 2.75) is 51.5 Å². The van der Waals surface area contributed by atoms with E-state index >= 15 is 0 Å². The lowest BCUT2D eigenvalue weighted by atomic mass is 9.79. The Morgan fingerprint density at radius 2 is 1.65 bits per heavy atom. The summed E-state index contributed by atoms with van der Waals surface area (Å²) < 4.78 is 5.38. The summed E-state index contributed by atoms with van der Waals surface area (Å²) in [5.41, 5.74) is 11.4. The smallest absolute Gasteiger partial charge is 0.225 e. The van der Waals surface area contributed by atoms with Crippen LogP contribution < -0.4 is 11.1 Å². The standard InChI is InChI=1S/C33H40N4O3/c1-33(2,34)27-14-12-25(13-15-27)31-29(24-6-4-3-5-7-24)21-28(22-35-31)36-30(38)20-23-8-10-26(11-9-23)32(39)37-16-18-40-19-17-37/h3-7,12-15,21-23,26H,8-11,16-20,34H2,1-2H3,(H,36,38)/t23-,26-. The van der Waals surface area contributed by atoms with Gasteiger partial charge in [0.05, 0.1) is 30.8 Å². The molecule has 2 amide bonds. The fourth-order valence-electron chi connectivity index (χ4n) is 5.79. The molecule has 210 valence electrons. The molecule has 3 aromatic rings. The van der Waals surface area contributed by atoms with E-state index in [4.69, 9.17) is 15.5 Å². The lowest BCUT2D eigenvalue weighted by molar-refractivity contribution is -0.141. The number of pyridine rings is 1. The first kappa shape index (κ1) is 28.0. The van der Waals surface area contributed by atoms with E-state index in [0.717, 1.165) is 53.6 Å². The second-order valence-electron chi connectivity index (χ2n) is 11.7. The molecule has 1 saturated heterocycles. The second-order valence-corrected chi connectivity index (χ2v) is 11.7. The topological polar surface area (TPSA) is 97.5 Å². The number of hydrogen-bond acceptors (Lipinski definition) is 5. The molecule has 3 N–H and O–H groups in total. The van der Waals surface area contributed by atoms with Gasteiger partial charge in [-0.3, -0.25) is 14.6 Å². The van der Waals surface area contributed by atoms with Crippen LogP contribution in [0, 0.1) is 11.8 Å². The average Bonchev–Trinajstić information content (AvgIpc) is 2.98. The molecule has 40 heavy (non-hydrogen) atoms. The van der Waals surface area contributed by atoms with Gasteiger partial charge in [0, 0.05) is 42.1 Å². The van der Waals surface area contributed by atoms with Gasteiger partial charge in [0.2, 0.25) is 11.8 Å². The van der Waals surface area contributed by atoms with Crippen molar-refractivity contribution in [1.29, 1.82) is 0 Å². The molecule has 0 atom stereocenters. The highest BCUT2D eigenvalue weighted by molar-refractivity contribution is 5.93. The molecule has 0 radical (unpaired) electrons. The van der Waals surface area contributed by atoms with Crippen molar-refractivity contribution in [3.8, 4) is 22.4 Å². The average molecular weight is 541 g/mol. The van der Waals surface area contributed by atoms with E-state index in [1.807, 2.05) is 55.1 Å². The molecule has 2 aromatic carbocycles. The van der Waals surface area contributed by atoms with E-state index in [2.05, 4.69) is 29.6 Å². The number of aromatic nitrogens is 1.